The van der Waals surface area contributed by atoms with Gasteiger partial charge in [0.15, 0.2) is 0 Å². The molecule has 2 unspecified atom stereocenters. The first-order valence-electron chi connectivity index (χ1n) is 16.0. The van der Waals surface area contributed by atoms with Crippen LogP contribution in [-0.2, 0) is 36.1 Å². The van der Waals surface area contributed by atoms with Crippen LogP contribution in [0.25, 0.3) is 44.2 Å². The maximum Gasteiger partial charge on any atom is -1.00 e. The van der Waals surface area contributed by atoms with Gasteiger partial charge in [0.25, 0.3) is 0 Å². The SMILES string of the molecule is CCc1cccc2c1C=C(c1ccc(-c3ccccc3)s1)[CH]2[Zr+2][CH]1C(c2ccc(-c3ccccc3)s2)=Cc2c(CC)cccc21.[Cl-].[Cl-]. The molecule has 5 heteroatoms. The second-order valence-electron chi connectivity index (χ2n) is 11.8. The first kappa shape index (κ1) is 34.1. The van der Waals surface area contributed by atoms with E-state index in [9.17, 15) is 0 Å². The van der Waals surface area contributed by atoms with E-state index in [0.717, 1.165) is 12.8 Å². The number of halogens is 2. The third-order valence-corrected chi connectivity index (χ3v) is 16.4. The minimum Gasteiger partial charge on any atom is -1.00 e. The molecule has 2 aromatic heterocycles. The number of thiophene rings is 2. The fourth-order valence-electron chi connectivity index (χ4n) is 7.00. The largest absolute Gasteiger partial charge is 1.00 e. The van der Waals surface area contributed by atoms with Crippen LogP contribution in [-0.4, -0.2) is 0 Å². The van der Waals surface area contributed by atoms with E-state index in [0.29, 0.717) is 7.25 Å². The van der Waals surface area contributed by atoms with E-state index in [4.69, 9.17) is 0 Å². The Morgan fingerprint density at radius 3 is 1.28 bits per heavy atom. The second-order valence-corrected chi connectivity index (χ2v) is 17.7. The van der Waals surface area contributed by atoms with Gasteiger partial charge in [0.05, 0.1) is 0 Å². The van der Waals surface area contributed by atoms with Gasteiger partial charge in [0.2, 0.25) is 0 Å². The van der Waals surface area contributed by atoms with Crippen LogP contribution in [0.5, 0.6) is 0 Å². The van der Waals surface area contributed by atoms with Gasteiger partial charge in [-0.05, 0) is 0 Å². The van der Waals surface area contributed by atoms with Crippen molar-refractivity contribution in [3.8, 4) is 20.9 Å². The molecule has 2 aliphatic carbocycles. The summed E-state index contributed by atoms with van der Waals surface area (Å²) in [6.07, 6.45) is 7.28. The molecule has 4 aromatic carbocycles. The van der Waals surface area contributed by atoms with Crippen LogP contribution in [0, 0.1) is 0 Å². The van der Waals surface area contributed by atoms with Crippen molar-refractivity contribution in [2.75, 3.05) is 0 Å². The molecule has 0 fully saturated rings. The van der Waals surface area contributed by atoms with E-state index >= 15 is 0 Å². The first-order valence-corrected chi connectivity index (χ1v) is 20.4. The normalized spacial score (nSPS) is 15.9. The van der Waals surface area contributed by atoms with Crippen LogP contribution >= 0.6 is 22.7 Å². The standard InChI is InChI=1S/2C21H17S.2ClH.Zr/c2*1-2-15-9-6-10-17-13-18(14-19(15)17)21-12-11-20(22-21)16-7-4-3-5-8-16;;;/h2*3-14H,2H2,1H3;2*1H;/q;;;;+2/p-2. The zero-order valence-electron chi connectivity index (χ0n) is 26.3. The molecule has 0 N–H and O–H groups in total. The van der Waals surface area contributed by atoms with Crippen molar-refractivity contribution in [2.24, 2.45) is 0 Å². The molecule has 2 aliphatic rings. The predicted molar refractivity (Wildman–Crippen MR) is 192 cm³/mol. The van der Waals surface area contributed by atoms with Crippen molar-refractivity contribution < 1.29 is 48.0 Å². The molecule has 0 saturated carbocycles. The number of benzene rings is 4. The Balaban J connectivity index is 0.00000193. The number of rotatable bonds is 8. The molecule has 0 aliphatic heterocycles. The second kappa shape index (κ2) is 14.8. The topological polar surface area (TPSA) is 0 Å². The number of fused-ring (bicyclic) bond motifs is 2. The van der Waals surface area contributed by atoms with Crippen molar-refractivity contribution in [1.82, 2.24) is 0 Å². The average molecular weight is 765 g/mol. The van der Waals surface area contributed by atoms with Crippen LogP contribution in [0.15, 0.2) is 121 Å². The van der Waals surface area contributed by atoms with Gasteiger partial charge in [-0.3, -0.25) is 0 Å². The molecule has 0 bridgehead atoms. The van der Waals surface area contributed by atoms with E-state index in [2.05, 4.69) is 147 Å². The van der Waals surface area contributed by atoms with Gasteiger partial charge in [0.1, 0.15) is 0 Å². The van der Waals surface area contributed by atoms with Gasteiger partial charge in [-0.2, -0.15) is 0 Å². The Hall–Kier alpha value is -2.78. The minimum absolute atomic E-state index is 0. The first-order chi connectivity index (χ1) is 22.2. The Morgan fingerprint density at radius 2 is 0.872 bits per heavy atom. The molecule has 2 heterocycles. The molecule has 2 atom stereocenters. The van der Waals surface area contributed by atoms with Gasteiger partial charge < -0.3 is 24.8 Å². The van der Waals surface area contributed by atoms with E-state index in [1.165, 1.54) is 52.9 Å². The Labute approximate surface area is 310 Å². The maximum atomic E-state index is 2.57. The molecule has 0 nitrogen and oxygen atoms in total. The Kier molecular flexibility index (Phi) is 10.7. The van der Waals surface area contributed by atoms with Crippen LogP contribution in [0.3, 0.4) is 0 Å². The summed E-state index contributed by atoms with van der Waals surface area (Å²) < 4.78 is 1.02. The zero-order chi connectivity index (χ0) is 30.3. The van der Waals surface area contributed by atoms with Gasteiger partial charge in [-0.25, -0.2) is 0 Å². The summed E-state index contributed by atoms with van der Waals surface area (Å²) in [7, 11) is 0. The summed E-state index contributed by atoms with van der Waals surface area (Å²) in [5.41, 5.74) is 14.8. The van der Waals surface area contributed by atoms with Crippen molar-refractivity contribution in [3.63, 3.8) is 0 Å². The van der Waals surface area contributed by atoms with Gasteiger partial charge in [-0.1, -0.05) is 0 Å². The van der Waals surface area contributed by atoms with Crippen molar-refractivity contribution >= 4 is 46.0 Å². The molecule has 0 saturated heterocycles. The zero-order valence-corrected chi connectivity index (χ0v) is 31.9. The third kappa shape index (κ3) is 6.39. The molecule has 8 rings (SSSR count). The van der Waals surface area contributed by atoms with Crippen LogP contribution in [0.1, 0.15) is 64.2 Å². The van der Waals surface area contributed by atoms with Gasteiger partial charge in [0, 0.05) is 0 Å². The van der Waals surface area contributed by atoms with Crippen molar-refractivity contribution in [2.45, 2.75) is 33.9 Å². The Morgan fingerprint density at radius 1 is 0.468 bits per heavy atom. The molecule has 6 aromatic rings. The van der Waals surface area contributed by atoms with E-state index in [1.54, 1.807) is 22.3 Å². The Bertz CT molecular complexity index is 1920. The molecular formula is C42H34Cl2S2Zr. The summed E-state index contributed by atoms with van der Waals surface area (Å²) in [5, 5.41) is 0. The van der Waals surface area contributed by atoms with Crippen LogP contribution in [0.2, 0.25) is 0 Å². The average Bonchev–Trinajstić information content (AvgIpc) is 3.91. The smallest absolute Gasteiger partial charge is 1.00 e. The van der Waals surface area contributed by atoms with E-state index in [1.807, 2.05) is 22.7 Å². The summed E-state index contributed by atoms with van der Waals surface area (Å²) in [6, 6.07) is 45.4. The summed E-state index contributed by atoms with van der Waals surface area (Å²) in [6.45, 7) is 4.60. The molecular weight excluding hydrogens is 731 g/mol. The summed E-state index contributed by atoms with van der Waals surface area (Å²) in [5.74, 6) is 0. The van der Waals surface area contributed by atoms with Gasteiger partial charge in [-0.15, -0.1) is 0 Å². The third-order valence-electron chi connectivity index (χ3n) is 9.30. The molecule has 0 spiro atoms. The molecule has 0 amide bonds. The maximum absolute atomic E-state index is 2.57. The fourth-order valence-corrected chi connectivity index (χ4v) is 14.6. The number of aryl methyl sites for hydroxylation is 2. The molecule has 47 heavy (non-hydrogen) atoms. The summed E-state index contributed by atoms with van der Waals surface area (Å²) >= 11 is 2.82. The van der Waals surface area contributed by atoms with E-state index in [-0.39, 0.29) is 24.8 Å². The number of hydrogen-bond donors (Lipinski definition) is 0. The van der Waals surface area contributed by atoms with Crippen LogP contribution in [0.4, 0.5) is 0 Å². The summed E-state index contributed by atoms with van der Waals surface area (Å²) in [4.78, 5) is 5.58. The van der Waals surface area contributed by atoms with Gasteiger partial charge >= 0.3 is 288 Å². The van der Waals surface area contributed by atoms with Crippen LogP contribution < -0.4 is 24.8 Å². The van der Waals surface area contributed by atoms with Crippen molar-refractivity contribution in [3.05, 3.63) is 164 Å². The minimum atomic E-state index is -1.11. The van der Waals surface area contributed by atoms with Crippen molar-refractivity contribution in [1.29, 1.82) is 0 Å². The fraction of sp³-hybridized carbons (Fsp3) is 0.143. The number of allylic oxidation sites excluding steroid dienone is 2. The van der Waals surface area contributed by atoms with E-state index < -0.39 is 23.2 Å². The molecule has 232 valence electrons. The number of hydrogen-bond acceptors (Lipinski definition) is 2. The quantitative estimate of drug-likeness (QED) is 0.172. The molecule has 0 radical (unpaired) electrons. The monoisotopic (exact) mass is 762 g/mol. The predicted octanol–water partition coefficient (Wildman–Crippen LogP) is 6.25.